The SMILES string of the molecule is Cc1ccc(C)c(N2N=C(C(=O)OC(C)C(N)=O)CCC2=O)c1. The zero-order chi connectivity index (χ0) is 17.1. The van der Waals surface area contributed by atoms with Crippen LogP contribution in [-0.4, -0.2) is 29.6 Å². The van der Waals surface area contributed by atoms with Crippen LogP contribution in [0.15, 0.2) is 23.3 Å². The van der Waals surface area contributed by atoms with Crippen molar-refractivity contribution >= 4 is 29.2 Å². The van der Waals surface area contributed by atoms with Gasteiger partial charge in [0.2, 0.25) is 5.91 Å². The number of hydrazone groups is 1. The number of carbonyl (C=O) groups is 3. The number of ether oxygens (including phenoxy) is 1. The molecule has 1 aromatic carbocycles. The third-order valence-electron chi connectivity index (χ3n) is 3.55. The Morgan fingerprint density at radius 3 is 2.65 bits per heavy atom. The van der Waals surface area contributed by atoms with Gasteiger partial charge in [0.1, 0.15) is 5.71 Å². The van der Waals surface area contributed by atoms with Crippen molar-refractivity contribution in [3.63, 3.8) is 0 Å². The second-order valence-electron chi connectivity index (χ2n) is 5.49. The number of nitrogens with two attached hydrogens (primary N) is 1. The van der Waals surface area contributed by atoms with E-state index in [1.807, 2.05) is 32.0 Å². The Hall–Kier alpha value is -2.70. The lowest BCUT2D eigenvalue weighted by atomic mass is 10.1. The van der Waals surface area contributed by atoms with E-state index in [0.717, 1.165) is 11.1 Å². The van der Waals surface area contributed by atoms with Crippen LogP contribution in [0.5, 0.6) is 0 Å². The molecule has 0 aliphatic carbocycles. The van der Waals surface area contributed by atoms with Gasteiger partial charge in [-0.25, -0.2) is 4.79 Å². The molecule has 1 aliphatic rings. The van der Waals surface area contributed by atoms with Crippen molar-refractivity contribution < 1.29 is 19.1 Å². The van der Waals surface area contributed by atoms with Crippen molar-refractivity contribution in [1.82, 2.24) is 0 Å². The molecule has 0 saturated carbocycles. The van der Waals surface area contributed by atoms with Gasteiger partial charge in [0.05, 0.1) is 5.69 Å². The van der Waals surface area contributed by atoms with Gasteiger partial charge in [-0.2, -0.15) is 10.1 Å². The molecule has 1 heterocycles. The van der Waals surface area contributed by atoms with Gasteiger partial charge in [0, 0.05) is 12.8 Å². The fourth-order valence-corrected chi connectivity index (χ4v) is 2.12. The fourth-order valence-electron chi connectivity index (χ4n) is 2.12. The molecule has 0 saturated heterocycles. The largest absolute Gasteiger partial charge is 0.448 e. The van der Waals surface area contributed by atoms with E-state index in [9.17, 15) is 14.4 Å². The average molecular weight is 317 g/mol. The number of primary amides is 1. The lowest BCUT2D eigenvalue weighted by Crippen LogP contribution is -2.38. The molecule has 2 amide bonds. The monoisotopic (exact) mass is 317 g/mol. The average Bonchev–Trinajstić information content (AvgIpc) is 2.50. The van der Waals surface area contributed by atoms with Gasteiger partial charge >= 0.3 is 5.97 Å². The van der Waals surface area contributed by atoms with E-state index < -0.39 is 18.0 Å². The van der Waals surface area contributed by atoms with Gasteiger partial charge in [-0.05, 0) is 38.0 Å². The summed E-state index contributed by atoms with van der Waals surface area (Å²) in [6.45, 7) is 5.15. The van der Waals surface area contributed by atoms with E-state index in [4.69, 9.17) is 10.5 Å². The standard InChI is InChI=1S/C16H19N3O4/c1-9-4-5-10(2)13(8-9)19-14(20)7-6-12(18-19)16(22)23-11(3)15(17)21/h4-5,8,11H,6-7H2,1-3H3,(H2,17,21). The number of benzene rings is 1. The highest BCUT2D eigenvalue weighted by molar-refractivity contribution is 6.38. The predicted molar refractivity (Wildman–Crippen MR) is 84.8 cm³/mol. The third kappa shape index (κ3) is 3.74. The maximum atomic E-state index is 12.1. The Morgan fingerprint density at radius 2 is 2.00 bits per heavy atom. The molecule has 0 spiro atoms. The molecule has 1 aromatic rings. The van der Waals surface area contributed by atoms with Crippen molar-refractivity contribution in [2.24, 2.45) is 10.8 Å². The molecule has 7 nitrogen and oxygen atoms in total. The lowest BCUT2D eigenvalue weighted by molar-refractivity contribution is -0.147. The van der Waals surface area contributed by atoms with E-state index in [0.29, 0.717) is 5.69 Å². The van der Waals surface area contributed by atoms with Crippen LogP contribution in [0.1, 0.15) is 30.9 Å². The van der Waals surface area contributed by atoms with Crippen LogP contribution in [0.25, 0.3) is 0 Å². The Balaban J connectivity index is 2.29. The minimum Gasteiger partial charge on any atom is -0.448 e. The Labute approximate surface area is 134 Å². The van der Waals surface area contributed by atoms with Crippen LogP contribution >= 0.6 is 0 Å². The number of hydrogen-bond acceptors (Lipinski definition) is 5. The molecule has 122 valence electrons. The van der Waals surface area contributed by atoms with Crippen LogP contribution in [0.4, 0.5) is 5.69 Å². The zero-order valence-corrected chi connectivity index (χ0v) is 13.3. The normalized spacial score (nSPS) is 15.9. The minimum atomic E-state index is -1.04. The second-order valence-corrected chi connectivity index (χ2v) is 5.49. The second kappa shape index (κ2) is 6.60. The molecule has 2 rings (SSSR count). The highest BCUT2D eigenvalue weighted by Gasteiger charge is 2.28. The number of amides is 2. The number of hydrogen-bond donors (Lipinski definition) is 1. The van der Waals surface area contributed by atoms with Crippen molar-refractivity contribution in [2.75, 3.05) is 5.01 Å². The summed E-state index contributed by atoms with van der Waals surface area (Å²) in [5.74, 6) is -1.67. The summed E-state index contributed by atoms with van der Waals surface area (Å²) in [5.41, 5.74) is 7.64. The molecule has 0 fully saturated rings. The molecular weight excluding hydrogens is 298 g/mol. The smallest absolute Gasteiger partial charge is 0.355 e. The number of nitrogens with zero attached hydrogens (tertiary/aromatic N) is 2. The summed E-state index contributed by atoms with van der Waals surface area (Å²) in [7, 11) is 0. The summed E-state index contributed by atoms with van der Waals surface area (Å²) in [5, 5.41) is 5.34. The van der Waals surface area contributed by atoms with E-state index in [-0.39, 0.29) is 24.5 Å². The van der Waals surface area contributed by atoms with Gasteiger partial charge in [0.25, 0.3) is 5.91 Å². The van der Waals surface area contributed by atoms with Crippen molar-refractivity contribution in [3.05, 3.63) is 29.3 Å². The maximum absolute atomic E-state index is 12.1. The molecule has 0 bridgehead atoms. The quantitative estimate of drug-likeness (QED) is 0.843. The molecular formula is C16H19N3O4. The molecule has 1 aliphatic heterocycles. The van der Waals surface area contributed by atoms with E-state index >= 15 is 0 Å². The van der Waals surface area contributed by atoms with Gasteiger partial charge in [-0.1, -0.05) is 12.1 Å². The van der Waals surface area contributed by atoms with Crippen LogP contribution in [0.3, 0.4) is 0 Å². The molecule has 2 N–H and O–H groups in total. The summed E-state index contributed by atoms with van der Waals surface area (Å²) >= 11 is 0. The highest BCUT2D eigenvalue weighted by atomic mass is 16.5. The summed E-state index contributed by atoms with van der Waals surface area (Å²) in [6.07, 6.45) is -0.728. The van der Waals surface area contributed by atoms with Gasteiger partial charge < -0.3 is 10.5 Å². The molecule has 1 atom stereocenters. The molecule has 0 radical (unpaired) electrons. The number of carbonyl (C=O) groups excluding carboxylic acids is 3. The topological polar surface area (TPSA) is 102 Å². The molecule has 7 heteroatoms. The zero-order valence-electron chi connectivity index (χ0n) is 13.3. The molecule has 1 unspecified atom stereocenters. The number of anilines is 1. The van der Waals surface area contributed by atoms with E-state index in [2.05, 4.69) is 5.10 Å². The van der Waals surface area contributed by atoms with Gasteiger partial charge in [0.15, 0.2) is 6.10 Å². The highest BCUT2D eigenvalue weighted by Crippen LogP contribution is 2.25. The first-order valence-corrected chi connectivity index (χ1v) is 7.27. The van der Waals surface area contributed by atoms with E-state index in [1.54, 1.807) is 0 Å². The first-order chi connectivity index (χ1) is 10.8. The lowest BCUT2D eigenvalue weighted by Gasteiger charge is -2.24. The minimum absolute atomic E-state index is 0.0959. The first-order valence-electron chi connectivity index (χ1n) is 7.27. The van der Waals surface area contributed by atoms with Gasteiger partial charge in [-0.15, -0.1) is 0 Å². The molecule has 0 aromatic heterocycles. The Morgan fingerprint density at radius 1 is 1.30 bits per heavy atom. The summed E-state index contributed by atoms with van der Waals surface area (Å²) in [4.78, 5) is 35.2. The van der Waals surface area contributed by atoms with E-state index in [1.165, 1.54) is 11.9 Å². The number of aryl methyl sites for hydroxylation is 2. The third-order valence-corrected chi connectivity index (χ3v) is 3.55. The van der Waals surface area contributed by atoms with Crippen molar-refractivity contribution in [2.45, 2.75) is 39.7 Å². The van der Waals surface area contributed by atoms with Crippen molar-refractivity contribution in [1.29, 1.82) is 0 Å². The Kier molecular flexibility index (Phi) is 4.78. The molecule has 23 heavy (non-hydrogen) atoms. The van der Waals surface area contributed by atoms with Crippen LogP contribution < -0.4 is 10.7 Å². The first kappa shape index (κ1) is 16.7. The van der Waals surface area contributed by atoms with Crippen LogP contribution in [0.2, 0.25) is 0 Å². The van der Waals surface area contributed by atoms with Gasteiger partial charge in [-0.3, -0.25) is 9.59 Å². The van der Waals surface area contributed by atoms with Crippen LogP contribution in [-0.2, 0) is 19.1 Å². The number of rotatable bonds is 4. The van der Waals surface area contributed by atoms with Crippen molar-refractivity contribution in [3.8, 4) is 0 Å². The predicted octanol–water partition coefficient (Wildman–Crippen LogP) is 1.20. The maximum Gasteiger partial charge on any atom is 0.355 e. The summed E-state index contributed by atoms with van der Waals surface area (Å²) in [6, 6.07) is 5.65. The summed E-state index contributed by atoms with van der Waals surface area (Å²) < 4.78 is 4.94. The van der Waals surface area contributed by atoms with Crippen LogP contribution in [0, 0.1) is 13.8 Å². The fraction of sp³-hybridized carbons (Fsp3) is 0.375. The number of esters is 1. The Bertz CT molecular complexity index is 697.